The van der Waals surface area contributed by atoms with Crippen LogP contribution in [0.15, 0.2) is 78.9 Å². The molecule has 1 fully saturated rings. The SMILES string of the molecule is COc1ccc(C(OC[C@@H]2C[C@@H](C)CN2C(=O)CCCCCCC(=O)CCC(C)(C)SSCCNC(=O)CCCCCNC(=O)CC[C@H](C)N)(c2ccccc2)c2ccc(OC)cc2)cc1. The molecule has 13 heteroatoms. The molecule has 364 valence electrons. The molecule has 0 unspecified atom stereocenters. The molecule has 0 aliphatic carbocycles. The summed E-state index contributed by atoms with van der Waals surface area (Å²) in [6.45, 7) is 10.8. The minimum atomic E-state index is -0.943. The number of methoxy groups -OCH3 is 2. The van der Waals surface area contributed by atoms with E-state index in [0.717, 1.165) is 98.3 Å². The molecule has 1 aliphatic heterocycles. The van der Waals surface area contributed by atoms with Gasteiger partial charge in [-0.15, -0.1) is 0 Å². The van der Waals surface area contributed by atoms with E-state index < -0.39 is 5.60 Å². The number of carbonyl (C=O) groups is 4. The highest BCUT2D eigenvalue weighted by atomic mass is 33.1. The van der Waals surface area contributed by atoms with E-state index in [2.05, 4.69) is 67.8 Å². The Morgan fingerprint density at radius 3 is 1.91 bits per heavy atom. The Bertz CT molecular complexity index is 1850. The standard InChI is InChI=1S/C53H78N4O7S2/c1-40-37-45(39-64-53(42-17-11-9-12-18-42,43-23-27-47(62-5)28-24-43)44-25-29-48(63-6)30-26-44)57(38-40)51(61)21-15-8-7-13-19-46(58)32-33-52(3,4)66-65-36-35-56-49(59)20-14-10-16-34-55-50(60)31-22-41(2)54/h9,11-12,17-18,23-30,40-41,45H,7-8,10,13-16,19-22,31-39,54H2,1-6H3,(H,55,60)(H,56,59)/t40-,41+,45+/m1/s1. The average molecular weight is 947 g/mol. The number of carbonyl (C=O) groups excluding carboxylic acids is 4. The molecule has 3 aromatic rings. The summed E-state index contributed by atoms with van der Waals surface area (Å²) in [7, 11) is 6.84. The summed E-state index contributed by atoms with van der Waals surface area (Å²) in [5.41, 5.74) is 7.68. The van der Waals surface area contributed by atoms with Crippen LogP contribution in [-0.2, 0) is 29.5 Å². The summed E-state index contributed by atoms with van der Waals surface area (Å²) >= 11 is 0. The van der Waals surface area contributed by atoms with Crippen molar-refractivity contribution in [2.24, 2.45) is 11.7 Å². The first-order valence-electron chi connectivity index (χ1n) is 24.2. The minimum absolute atomic E-state index is 0.0300. The Balaban J connectivity index is 1.13. The lowest BCUT2D eigenvalue weighted by atomic mass is 9.80. The molecule has 3 aromatic carbocycles. The minimum Gasteiger partial charge on any atom is -0.497 e. The number of likely N-dealkylation sites (tertiary alicyclic amines) is 1. The maximum Gasteiger partial charge on any atom is 0.222 e. The van der Waals surface area contributed by atoms with Gasteiger partial charge in [0.2, 0.25) is 17.7 Å². The van der Waals surface area contributed by atoms with Crippen LogP contribution in [0.5, 0.6) is 11.5 Å². The smallest absolute Gasteiger partial charge is 0.222 e. The first kappa shape index (κ1) is 54.6. The van der Waals surface area contributed by atoms with Crippen LogP contribution >= 0.6 is 21.6 Å². The largest absolute Gasteiger partial charge is 0.497 e. The van der Waals surface area contributed by atoms with Crippen molar-refractivity contribution in [2.45, 2.75) is 146 Å². The third-order valence-electron chi connectivity index (χ3n) is 12.2. The first-order valence-corrected chi connectivity index (χ1v) is 26.5. The zero-order valence-corrected chi connectivity index (χ0v) is 42.2. The maximum absolute atomic E-state index is 13.8. The molecule has 4 N–H and O–H groups in total. The van der Waals surface area contributed by atoms with Crippen molar-refractivity contribution in [2.75, 3.05) is 46.2 Å². The quantitative estimate of drug-likeness (QED) is 0.0314. The highest BCUT2D eigenvalue weighted by Crippen LogP contribution is 2.43. The lowest BCUT2D eigenvalue weighted by Gasteiger charge is -2.38. The molecule has 0 radical (unpaired) electrons. The fourth-order valence-corrected chi connectivity index (χ4v) is 10.9. The highest BCUT2D eigenvalue weighted by Gasteiger charge is 2.41. The molecule has 0 saturated carbocycles. The monoisotopic (exact) mass is 947 g/mol. The third-order valence-corrected chi connectivity index (χ3v) is 15.6. The van der Waals surface area contributed by atoms with Crippen LogP contribution in [-0.4, -0.2) is 91.4 Å². The second-order valence-electron chi connectivity index (χ2n) is 18.5. The summed E-state index contributed by atoms with van der Waals surface area (Å²) in [4.78, 5) is 52.7. The average Bonchev–Trinajstić information content (AvgIpc) is 3.70. The predicted octanol–water partition coefficient (Wildman–Crippen LogP) is 10.0. The summed E-state index contributed by atoms with van der Waals surface area (Å²) in [5.74, 6) is 3.26. The number of benzene rings is 3. The lowest BCUT2D eigenvalue weighted by molar-refractivity contribution is -0.134. The zero-order chi connectivity index (χ0) is 47.8. The van der Waals surface area contributed by atoms with Crippen molar-refractivity contribution >= 4 is 45.1 Å². The number of amides is 3. The van der Waals surface area contributed by atoms with Gasteiger partial charge in [-0.25, -0.2) is 0 Å². The summed E-state index contributed by atoms with van der Waals surface area (Å²) in [6.07, 6.45) is 11.0. The molecule has 0 spiro atoms. The van der Waals surface area contributed by atoms with E-state index in [-0.39, 0.29) is 34.6 Å². The number of Topliss-reactive ketones (excluding diaryl/α,β-unsaturated/α-hetero) is 1. The molecule has 1 saturated heterocycles. The molecule has 11 nitrogen and oxygen atoms in total. The summed E-state index contributed by atoms with van der Waals surface area (Å²) in [5, 5.41) is 5.92. The number of unbranched alkanes of at least 4 members (excludes halogenated alkanes) is 5. The highest BCUT2D eigenvalue weighted by molar-refractivity contribution is 8.77. The molecule has 3 atom stereocenters. The predicted molar refractivity (Wildman–Crippen MR) is 271 cm³/mol. The van der Waals surface area contributed by atoms with Gasteiger partial charge in [-0.05, 0) is 113 Å². The molecule has 3 amide bonds. The number of nitrogens with one attached hydrogen (secondary N) is 2. The van der Waals surface area contributed by atoms with Crippen LogP contribution in [0.2, 0.25) is 0 Å². The van der Waals surface area contributed by atoms with Gasteiger partial charge in [0.25, 0.3) is 0 Å². The Kier molecular flexibility index (Phi) is 24.0. The number of nitrogens with zero attached hydrogens (tertiary/aromatic N) is 1. The van der Waals surface area contributed by atoms with Gasteiger partial charge in [-0.2, -0.15) is 0 Å². The Morgan fingerprint density at radius 2 is 1.29 bits per heavy atom. The van der Waals surface area contributed by atoms with Crippen LogP contribution in [0.4, 0.5) is 0 Å². The van der Waals surface area contributed by atoms with Crippen LogP contribution < -0.4 is 25.8 Å². The third kappa shape index (κ3) is 18.6. The summed E-state index contributed by atoms with van der Waals surface area (Å²) in [6, 6.07) is 26.3. The van der Waals surface area contributed by atoms with Crippen molar-refractivity contribution in [1.82, 2.24) is 15.5 Å². The van der Waals surface area contributed by atoms with Crippen LogP contribution in [0.25, 0.3) is 0 Å². The van der Waals surface area contributed by atoms with Crippen molar-refractivity contribution < 1.29 is 33.4 Å². The van der Waals surface area contributed by atoms with E-state index in [1.165, 1.54) is 0 Å². The molecular weight excluding hydrogens is 869 g/mol. The Morgan fingerprint density at radius 1 is 0.727 bits per heavy atom. The molecule has 66 heavy (non-hydrogen) atoms. The van der Waals surface area contributed by atoms with Crippen LogP contribution in [0, 0.1) is 5.92 Å². The van der Waals surface area contributed by atoms with Gasteiger partial charge >= 0.3 is 0 Å². The molecule has 0 bridgehead atoms. The number of ether oxygens (including phenoxy) is 3. The summed E-state index contributed by atoms with van der Waals surface area (Å²) < 4.78 is 18.2. The van der Waals surface area contributed by atoms with Gasteiger partial charge in [0.05, 0.1) is 26.9 Å². The van der Waals surface area contributed by atoms with E-state index >= 15 is 0 Å². The number of hydrogen-bond donors (Lipinski definition) is 3. The number of nitrogens with two attached hydrogens (primary N) is 1. The van der Waals surface area contributed by atoms with Crippen LogP contribution in [0.3, 0.4) is 0 Å². The normalized spacial score (nSPS) is 15.6. The Hall–Kier alpha value is -4.04. The number of rotatable bonds is 32. The van der Waals surface area contributed by atoms with E-state index in [1.54, 1.807) is 35.8 Å². The van der Waals surface area contributed by atoms with Gasteiger partial charge in [-0.1, -0.05) is 102 Å². The fraction of sp³-hybridized carbons (Fsp3) is 0.585. The number of ketones is 1. The molecule has 0 aromatic heterocycles. The zero-order valence-electron chi connectivity index (χ0n) is 40.6. The van der Waals surface area contributed by atoms with E-state index in [0.29, 0.717) is 69.9 Å². The van der Waals surface area contributed by atoms with Crippen molar-refractivity contribution in [3.63, 3.8) is 0 Å². The second kappa shape index (κ2) is 29.0. The van der Waals surface area contributed by atoms with Crippen molar-refractivity contribution in [3.8, 4) is 11.5 Å². The van der Waals surface area contributed by atoms with Crippen molar-refractivity contribution in [1.29, 1.82) is 0 Å². The van der Waals surface area contributed by atoms with Gasteiger partial charge in [0.1, 0.15) is 22.9 Å². The topological polar surface area (TPSA) is 149 Å². The van der Waals surface area contributed by atoms with Gasteiger partial charge in [0, 0.05) is 68.3 Å². The van der Waals surface area contributed by atoms with E-state index in [1.807, 2.05) is 54.3 Å². The van der Waals surface area contributed by atoms with Gasteiger partial charge < -0.3 is 35.5 Å². The fourth-order valence-electron chi connectivity index (χ4n) is 8.40. The molecule has 4 rings (SSSR count). The van der Waals surface area contributed by atoms with Crippen molar-refractivity contribution in [3.05, 3.63) is 95.6 Å². The van der Waals surface area contributed by atoms with E-state index in [9.17, 15) is 19.2 Å². The van der Waals surface area contributed by atoms with Crippen LogP contribution in [0.1, 0.15) is 141 Å². The Labute approximate surface area is 403 Å². The first-order chi connectivity index (χ1) is 31.8. The number of hydrogen-bond acceptors (Lipinski definition) is 10. The maximum atomic E-state index is 13.8. The second-order valence-corrected chi connectivity index (χ2v) is 21.6. The van der Waals surface area contributed by atoms with E-state index in [4.69, 9.17) is 19.9 Å². The lowest BCUT2D eigenvalue weighted by Crippen LogP contribution is -2.42. The van der Waals surface area contributed by atoms with Gasteiger partial charge in [-0.3, -0.25) is 19.2 Å². The van der Waals surface area contributed by atoms with Gasteiger partial charge in [0.15, 0.2) is 0 Å². The molecule has 1 aliphatic rings. The molecular formula is C53H78N4O7S2. The molecule has 1 heterocycles.